The Hall–Kier alpha value is -1.65. The molecule has 5 heteroatoms. The minimum atomic E-state index is 0.567. The third kappa shape index (κ3) is 2.68. The topological polar surface area (TPSA) is 54.6 Å². The molecule has 1 N–H and O–H groups in total. The Morgan fingerprint density at radius 3 is 3.12 bits per heavy atom. The Kier molecular flexibility index (Phi) is 3.34. The van der Waals surface area contributed by atoms with Gasteiger partial charge >= 0.3 is 0 Å². The minimum Gasteiger partial charge on any atom is -0.322 e. The van der Waals surface area contributed by atoms with Gasteiger partial charge in [-0.3, -0.25) is 9.67 Å². The summed E-state index contributed by atoms with van der Waals surface area (Å²) in [7, 11) is 0. The van der Waals surface area contributed by atoms with E-state index in [4.69, 9.17) is 0 Å². The molecule has 0 bridgehead atoms. The van der Waals surface area contributed by atoms with E-state index in [9.17, 15) is 0 Å². The largest absolute Gasteiger partial charge is 0.322 e. The lowest BCUT2D eigenvalue weighted by atomic mass is 10.5. The van der Waals surface area contributed by atoms with Crippen molar-refractivity contribution in [3.8, 4) is 0 Å². The van der Waals surface area contributed by atoms with Crippen LogP contribution in [0.3, 0.4) is 0 Å². The molecule has 1 saturated carbocycles. The van der Waals surface area contributed by atoms with Crippen molar-refractivity contribution in [2.75, 3.05) is 11.9 Å². The third-order valence-corrected chi connectivity index (χ3v) is 2.41. The zero-order valence-corrected chi connectivity index (χ0v) is 9.56. The molecule has 1 aliphatic carbocycles. The molecule has 0 atom stereocenters. The fraction of sp³-hybridized carbons (Fsp3) is 0.545. The van der Waals surface area contributed by atoms with Gasteiger partial charge in [-0.1, -0.05) is 6.92 Å². The van der Waals surface area contributed by atoms with Gasteiger partial charge in [-0.05, 0) is 26.0 Å². The Morgan fingerprint density at radius 2 is 2.50 bits per heavy atom. The molecule has 1 aromatic rings. The molecule has 0 aromatic carbocycles. The maximum absolute atomic E-state index is 4.28. The van der Waals surface area contributed by atoms with E-state index in [1.165, 1.54) is 12.8 Å². The van der Waals surface area contributed by atoms with Crippen LogP contribution in [0.2, 0.25) is 0 Å². The second-order valence-corrected chi connectivity index (χ2v) is 3.93. The van der Waals surface area contributed by atoms with Gasteiger partial charge in [0.1, 0.15) is 0 Å². The number of nitrogens with zero attached hydrogens (tertiary/aromatic N) is 4. The predicted molar refractivity (Wildman–Crippen MR) is 66.3 cm³/mol. The van der Waals surface area contributed by atoms with Gasteiger partial charge in [-0.25, -0.2) is 4.99 Å². The SMILES string of the molecule is C=N/C(=N\CCC)Nc1cnn(C2CC2)c1. The molecule has 16 heavy (non-hydrogen) atoms. The van der Waals surface area contributed by atoms with Crippen molar-refractivity contribution in [1.82, 2.24) is 9.78 Å². The van der Waals surface area contributed by atoms with Crippen LogP contribution in [0.5, 0.6) is 0 Å². The predicted octanol–water partition coefficient (Wildman–Crippen LogP) is 2.10. The average molecular weight is 219 g/mol. The summed E-state index contributed by atoms with van der Waals surface area (Å²) < 4.78 is 1.99. The van der Waals surface area contributed by atoms with Crippen molar-refractivity contribution in [3.05, 3.63) is 12.4 Å². The molecule has 0 aliphatic heterocycles. The molecular formula is C11H17N5. The molecule has 1 aliphatic rings. The Balaban J connectivity index is 1.97. The Bertz CT molecular complexity index is 389. The van der Waals surface area contributed by atoms with Gasteiger partial charge in [0, 0.05) is 12.7 Å². The van der Waals surface area contributed by atoms with E-state index in [-0.39, 0.29) is 0 Å². The Morgan fingerprint density at radius 1 is 1.69 bits per heavy atom. The maximum atomic E-state index is 4.28. The lowest BCUT2D eigenvalue weighted by Crippen LogP contribution is -2.08. The molecule has 1 heterocycles. The number of aromatic nitrogens is 2. The lowest BCUT2D eigenvalue weighted by molar-refractivity contribution is 0.642. The minimum absolute atomic E-state index is 0.567. The van der Waals surface area contributed by atoms with Crippen molar-refractivity contribution in [2.45, 2.75) is 32.2 Å². The van der Waals surface area contributed by atoms with Gasteiger partial charge in [0.2, 0.25) is 5.96 Å². The monoisotopic (exact) mass is 219 g/mol. The van der Waals surface area contributed by atoms with E-state index in [1.54, 1.807) is 6.20 Å². The second-order valence-electron chi connectivity index (χ2n) is 3.93. The zero-order valence-electron chi connectivity index (χ0n) is 9.56. The highest BCUT2D eigenvalue weighted by molar-refractivity contribution is 5.96. The summed E-state index contributed by atoms with van der Waals surface area (Å²) in [6.45, 7) is 6.33. The van der Waals surface area contributed by atoms with Crippen LogP contribution < -0.4 is 5.32 Å². The van der Waals surface area contributed by atoms with E-state index < -0.39 is 0 Å². The van der Waals surface area contributed by atoms with Crippen LogP contribution >= 0.6 is 0 Å². The molecule has 86 valence electrons. The summed E-state index contributed by atoms with van der Waals surface area (Å²) in [6, 6.07) is 0.600. The van der Waals surface area contributed by atoms with E-state index in [1.807, 2.05) is 10.9 Å². The first-order chi connectivity index (χ1) is 7.83. The molecule has 0 spiro atoms. The summed E-state index contributed by atoms with van der Waals surface area (Å²) in [5.74, 6) is 0.567. The summed E-state index contributed by atoms with van der Waals surface area (Å²) in [4.78, 5) is 8.11. The van der Waals surface area contributed by atoms with Crippen LogP contribution in [0.1, 0.15) is 32.2 Å². The number of rotatable bonds is 4. The van der Waals surface area contributed by atoms with Gasteiger partial charge in [-0.15, -0.1) is 0 Å². The highest BCUT2D eigenvalue weighted by Crippen LogP contribution is 2.34. The van der Waals surface area contributed by atoms with Gasteiger partial charge in [0.05, 0.1) is 17.9 Å². The highest BCUT2D eigenvalue weighted by atomic mass is 15.3. The number of anilines is 1. The number of hydrogen-bond donors (Lipinski definition) is 1. The van der Waals surface area contributed by atoms with Gasteiger partial charge < -0.3 is 5.32 Å². The molecule has 1 aromatic heterocycles. The summed E-state index contributed by atoms with van der Waals surface area (Å²) in [5, 5.41) is 7.39. The van der Waals surface area contributed by atoms with Crippen molar-refractivity contribution in [2.24, 2.45) is 9.98 Å². The maximum Gasteiger partial charge on any atom is 0.221 e. The van der Waals surface area contributed by atoms with Crippen LogP contribution in [0.4, 0.5) is 5.69 Å². The van der Waals surface area contributed by atoms with Crippen molar-refractivity contribution < 1.29 is 0 Å². The molecule has 1 fully saturated rings. The van der Waals surface area contributed by atoms with E-state index in [0.717, 1.165) is 18.7 Å². The molecule has 5 nitrogen and oxygen atoms in total. The Labute approximate surface area is 95.3 Å². The van der Waals surface area contributed by atoms with E-state index in [0.29, 0.717) is 12.0 Å². The fourth-order valence-electron chi connectivity index (χ4n) is 1.42. The van der Waals surface area contributed by atoms with Crippen LogP contribution in [-0.4, -0.2) is 29.0 Å². The molecule has 0 amide bonds. The highest BCUT2D eigenvalue weighted by Gasteiger charge is 2.24. The first kappa shape index (κ1) is 10.9. The first-order valence-corrected chi connectivity index (χ1v) is 5.66. The molecule has 0 radical (unpaired) electrons. The lowest BCUT2D eigenvalue weighted by Gasteiger charge is -2.01. The van der Waals surface area contributed by atoms with Gasteiger partial charge in [-0.2, -0.15) is 5.10 Å². The quantitative estimate of drug-likeness (QED) is 0.622. The number of hydrogen-bond acceptors (Lipinski definition) is 2. The molecule has 0 saturated heterocycles. The van der Waals surface area contributed by atoms with Crippen LogP contribution in [0.25, 0.3) is 0 Å². The van der Waals surface area contributed by atoms with Gasteiger partial charge in [0.15, 0.2) is 0 Å². The normalized spacial score (nSPS) is 16.2. The number of aliphatic imine (C=N–C) groups is 2. The van der Waals surface area contributed by atoms with Gasteiger partial charge in [0.25, 0.3) is 0 Å². The summed E-state index contributed by atoms with van der Waals surface area (Å²) >= 11 is 0. The number of nitrogens with one attached hydrogen (secondary N) is 1. The van der Waals surface area contributed by atoms with Crippen LogP contribution in [-0.2, 0) is 0 Å². The summed E-state index contributed by atoms with van der Waals surface area (Å²) in [6.07, 6.45) is 7.26. The van der Waals surface area contributed by atoms with E-state index in [2.05, 4.69) is 34.0 Å². The molecular weight excluding hydrogens is 202 g/mol. The number of guanidine groups is 1. The molecule has 0 unspecified atom stereocenters. The zero-order chi connectivity index (χ0) is 11.4. The van der Waals surface area contributed by atoms with E-state index >= 15 is 0 Å². The summed E-state index contributed by atoms with van der Waals surface area (Å²) in [5.41, 5.74) is 0.925. The fourth-order valence-corrected chi connectivity index (χ4v) is 1.42. The van der Waals surface area contributed by atoms with Crippen LogP contribution in [0.15, 0.2) is 22.4 Å². The standard InChI is InChI=1S/C11H17N5/c1-3-6-13-11(12-2)15-9-7-14-16(8-9)10-4-5-10/h7-8,10H,2-6H2,1H3,(H,13,15). The average Bonchev–Trinajstić information content (AvgIpc) is 3.05. The smallest absolute Gasteiger partial charge is 0.221 e. The van der Waals surface area contributed by atoms with Crippen molar-refractivity contribution >= 4 is 18.4 Å². The van der Waals surface area contributed by atoms with Crippen molar-refractivity contribution in [1.29, 1.82) is 0 Å². The van der Waals surface area contributed by atoms with Crippen molar-refractivity contribution in [3.63, 3.8) is 0 Å². The van der Waals surface area contributed by atoms with Crippen LogP contribution in [0, 0.1) is 0 Å². The first-order valence-electron chi connectivity index (χ1n) is 5.66. The second kappa shape index (κ2) is 4.92. The third-order valence-electron chi connectivity index (χ3n) is 2.41. The molecule has 2 rings (SSSR count).